The molecule has 0 unspecified atom stereocenters. The minimum absolute atomic E-state index is 0.0571. The number of nitrogens with zero attached hydrogens (tertiary/aromatic N) is 1. The van der Waals surface area contributed by atoms with Gasteiger partial charge in [-0.3, -0.25) is 9.59 Å². The number of carbonyl (C=O) groups excluding carboxylic acids is 2. The molecule has 2 amide bonds. The van der Waals surface area contributed by atoms with Gasteiger partial charge in [-0.15, -0.1) is 0 Å². The van der Waals surface area contributed by atoms with Crippen LogP contribution in [0.1, 0.15) is 6.92 Å². The highest BCUT2D eigenvalue weighted by molar-refractivity contribution is 5.97. The van der Waals surface area contributed by atoms with E-state index in [4.69, 9.17) is 10.5 Å². The monoisotopic (exact) mass is 306 g/mol. The summed E-state index contributed by atoms with van der Waals surface area (Å²) in [6, 6.07) is 6.75. The Morgan fingerprint density at radius 2 is 2.14 bits per heavy atom. The molecule has 7 nitrogen and oxygen atoms in total. The Morgan fingerprint density at radius 1 is 1.41 bits per heavy atom. The lowest BCUT2D eigenvalue weighted by molar-refractivity contribution is -0.125. The summed E-state index contributed by atoms with van der Waals surface area (Å²) < 4.78 is 5.10. The molecule has 1 fully saturated rings. The molecule has 1 aliphatic heterocycles. The molecule has 0 aromatic heterocycles. The number of nitrogens with two attached hydrogens (primary N) is 1. The van der Waals surface area contributed by atoms with Crippen molar-refractivity contribution in [2.24, 2.45) is 5.73 Å². The number of hydrogen-bond acceptors (Lipinski definition) is 5. The van der Waals surface area contributed by atoms with Crippen LogP contribution in [0.5, 0.6) is 0 Å². The number of anilines is 2. The van der Waals surface area contributed by atoms with Crippen LogP contribution in [0.2, 0.25) is 0 Å². The van der Waals surface area contributed by atoms with Crippen LogP contribution >= 0.6 is 0 Å². The fraction of sp³-hybridized carbons (Fsp3) is 0.467. The molecule has 2 rings (SSSR count). The molecular formula is C15H22N4O3. The minimum Gasteiger partial charge on any atom is -0.370 e. The summed E-state index contributed by atoms with van der Waals surface area (Å²) in [5.74, 6) is -0.224. The number of carbonyl (C=O) groups is 2. The van der Waals surface area contributed by atoms with E-state index in [0.717, 1.165) is 5.69 Å². The van der Waals surface area contributed by atoms with Gasteiger partial charge in [0.2, 0.25) is 5.91 Å². The molecule has 1 aromatic rings. The molecule has 0 saturated carbocycles. The van der Waals surface area contributed by atoms with Crippen LogP contribution in [0.4, 0.5) is 11.4 Å². The van der Waals surface area contributed by atoms with Crippen LogP contribution in [-0.2, 0) is 14.3 Å². The molecule has 1 atom stereocenters. The van der Waals surface area contributed by atoms with Crippen LogP contribution in [0.3, 0.4) is 0 Å². The highest BCUT2D eigenvalue weighted by atomic mass is 16.5. The zero-order valence-electron chi connectivity index (χ0n) is 12.7. The van der Waals surface area contributed by atoms with Crippen molar-refractivity contribution in [3.63, 3.8) is 0 Å². The molecule has 4 N–H and O–H groups in total. The fourth-order valence-electron chi connectivity index (χ4n) is 2.27. The van der Waals surface area contributed by atoms with Gasteiger partial charge in [-0.1, -0.05) is 6.92 Å². The highest BCUT2D eigenvalue weighted by Crippen LogP contribution is 2.19. The van der Waals surface area contributed by atoms with Crippen LogP contribution in [0, 0.1) is 0 Å². The Labute approximate surface area is 129 Å². The highest BCUT2D eigenvalue weighted by Gasteiger charge is 2.20. The third kappa shape index (κ3) is 4.03. The summed E-state index contributed by atoms with van der Waals surface area (Å²) in [7, 11) is 0. The number of likely N-dealkylation sites (N-methyl/N-ethyl adjacent to an activating group) is 1. The van der Waals surface area contributed by atoms with Crippen molar-refractivity contribution >= 4 is 23.2 Å². The van der Waals surface area contributed by atoms with Crippen LogP contribution in [0.15, 0.2) is 24.3 Å². The first-order valence-corrected chi connectivity index (χ1v) is 7.38. The molecule has 7 heteroatoms. The summed E-state index contributed by atoms with van der Waals surface area (Å²) in [6.07, 6.45) is 0. The van der Waals surface area contributed by atoms with Gasteiger partial charge in [-0.25, -0.2) is 0 Å². The van der Waals surface area contributed by atoms with Crippen molar-refractivity contribution in [3.05, 3.63) is 24.3 Å². The molecule has 1 aromatic carbocycles. The predicted octanol–water partition coefficient (Wildman–Crippen LogP) is -0.0749. The van der Waals surface area contributed by atoms with E-state index >= 15 is 0 Å². The van der Waals surface area contributed by atoms with Gasteiger partial charge in [0, 0.05) is 24.5 Å². The molecule has 0 bridgehead atoms. The quantitative estimate of drug-likeness (QED) is 0.683. The Balaban J connectivity index is 1.99. The lowest BCUT2D eigenvalue weighted by atomic mass is 10.2. The minimum atomic E-state index is -0.412. The van der Waals surface area contributed by atoms with Gasteiger partial charge in [-0.2, -0.15) is 0 Å². The number of rotatable bonds is 6. The number of hydrogen-bond donors (Lipinski definition) is 3. The SMILES string of the molecule is CCN[C@H](CN)C(=O)Nc1ccc(N2CCOCC2=O)cc1. The van der Waals surface area contributed by atoms with Gasteiger partial charge >= 0.3 is 0 Å². The molecule has 22 heavy (non-hydrogen) atoms. The van der Waals surface area contributed by atoms with Gasteiger partial charge in [0.25, 0.3) is 5.91 Å². The average Bonchev–Trinajstić information content (AvgIpc) is 2.54. The number of morpholine rings is 1. The van der Waals surface area contributed by atoms with E-state index < -0.39 is 6.04 Å². The van der Waals surface area contributed by atoms with Crippen LogP contribution < -0.4 is 21.3 Å². The zero-order chi connectivity index (χ0) is 15.9. The van der Waals surface area contributed by atoms with Gasteiger partial charge in [0.1, 0.15) is 6.61 Å². The normalized spacial score (nSPS) is 16.5. The molecule has 1 heterocycles. The van der Waals surface area contributed by atoms with Crippen molar-refractivity contribution in [1.82, 2.24) is 5.32 Å². The predicted molar refractivity (Wildman–Crippen MR) is 84.8 cm³/mol. The molecule has 120 valence electrons. The van der Waals surface area contributed by atoms with Crippen molar-refractivity contribution in [2.75, 3.05) is 43.1 Å². The van der Waals surface area contributed by atoms with Crippen molar-refractivity contribution in [2.45, 2.75) is 13.0 Å². The summed E-state index contributed by atoms with van der Waals surface area (Å²) in [5, 5.41) is 5.83. The molecular weight excluding hydrogens is 284 g/mol. The van der Waals surface area contributed by atoms with Gasteiger partial charge in [0.05, 0.1) is 12.6 Å². The van der Waals surface area contributed by atoms with Crippen molar-refractivity contribution in [1.29, 1.82) is 0 Å². The second kappa shape index (κ2) is 7.88. The number of benzene rings is 1. The topological polar surface area (TPSA) is 96.7 Å². The maximum absolute atomic E-state index is 12.0. The summed E-state index contributed by atoms with van der Waals surface area (Å²) in [4.78, 5) is 25.5. The van der Waals surface area contributed by atoms with Crippen LogP contribution in [0.25, 0.3) is 0 Å². The van der Waals surface area contributed by atoms with E-state index in [-0.39, 0.29) is 25.0 Å². The molecule has 1 saturated heterocycles. The van der Waals surface area contributed by atoms with E-state index in [9.17, 15) is 9.59 Å². The standard InChI is InChI=1S/C15H22N4O3/c1-2-17-13(9-16)15(21)18-11-3-5-12(6-4-11)19-7-8-22-10-14(19)20/h3-6,13,17H,2,7-10,16H2,1H3,(H,18,21)/t13-/m1/s1. The maximum Gasteiger partial charge on any atom is 0.253 e. The largest absolute Gasteiger partial charge is 0.370 e. The third-order valence-electron chi connectivity index (χ3n) is 3.44. The van der Waals surface area contributed by atoms with Gasteiger partial charge in [0.15, 0.2) is 0 Å². The number of nitrogens with one attached hydrogen (secondary N) is 2. The molecule has 0 aliphatic carbocycles. The Hall–Kier alpha value is -1.96. The van der Waals surface area contributed by atoms with E-state index in [0.29, 0.717) is 25.4 Å². The first kappa shape index (κ1) is 16.4. The Bertz CT molecular complexity index is 518. The first-order valence-electron chi connectivity index (χ1n) is 7.38. The Kier molecular flexibility index (Phi) is 5.88. The number of ether oxygens (including phenoxy) is 1. The molecule has 1 aliphatic rings. The van der Waals surface area contributed by atoms with Gasteiger partial charge in [-0.05, 0) is 30.8 Å². The van der Waals surface area contributed by atoms with Gasteiger partial charge < -0.3 is 26.0 Å². The summed E-state index contributed by atoms with van der Waals surface area (Å²) in [5.41, 5.74) is 7.04. The summed E-state index contributed by atoms with van der Waals surface area (Å²) >= 11 is 0. The summed E-state index contributed by atoms with van der Waals surface area (Å²) in [6.45, 7) is 4.02. The smallest absolute Gasteiger partial charge is 0.253 e. The number of amides is 2. The van der Waals surface area contributed by atoms with E-state index in [2.05, 4.69) is 10.6 Å². The first-order chi connectivity index (χ1) is 10.7. The average molecular weight is 306 g/mol. The second-order valence-corrected chi connectivity index (χ2v) is 4.98. The van der Waals surface area contributed by atoms with Crippen molar-refractivity contribution in [3.8, 4) is 0 Å². The molecule has 0 spiro atoms. The van der Waals surface area contributed by atoms with Crippen molar-refractivity contribution < 1.29 is 14.3 Å². The van der Waals surface area contributed by atoms with Crippen LogP contribution in [-0.4, -0.2) is 50.7 Å². The Morgan fingerprint density at radius 3 is 2.73 bits per heavy atom. The lowest BCUT2D eigenvalue weighted by Crippen LogP contribution is -2.45. The lowest BCUT2D eigenvalue weighted by Gasteiger charge is -2.27. The second-order valence-electron chi connectivity index (χ2n) is 4.98. The fourth-order valence-corrected chi connectivity index (χ4v) is 2.27. The zero-order valence-corrected chi connectivity index (χ0v) is 12.7. The van der Waals surface area contributed by atoms with E-state index in [1.165, 1.54) is 0 Å². The van der Waals surface area contributed by atoms with E-state index in [1.54, 1.807) is 17.0 Å². The van der Waals surface area contributed by atoms with E-state index in [1.807, 2.05) is 19.1 Å². The maximum atomic E-state index is 12.0. The third-order valence-corrected chi connectivity index (χ3v) is 3.44. The molecule has 0 radical (unpaired) electrons.